The van der Waals surface area contributed by atoms with Crippen LogP contribution in [0.4, 0.5) is 0 Å². The van der Waals surface area contributed by atoms with Gasteiger partial charge in [0.05, 0.1) is 9.35 Å². The second-order valence-electron chi connectivity index (χ2n) is 3.26. The number of rotatable bonds is 4. The topological polar surface area (TPSA) is 77.4 Å². The fourth-order valence-electron chi connectivity index (χ4n) is 1.53. The SMILES string of the molecule is [2H]COC[C@H]1OC(OC)[C@H](OC[2H])[C@@H](O)[C@@H]1O. The van der Waals surface area contributed by atoms with E-state index in [4.69, 9.17) is 21.7 Å². The molecule has 0 saturated carbocycles. The Morgan fingerprint density at radius 3 is 2.67 bits per heavy atom. The van der Waals surface area contributed by atoms with Crippen LogP contribution < -0.4 is 0 Å². The minimum Gasteiger partial charge on any atom is -0.387 e. The summed E-state index contributed by atoms with van der Waals surface area (Å²) < 4.78 is 33.9. The molecule has 6 nitrogen and oxygen atoms in total. The van der Waals surface area contributed by atoms with Crippen LogP contribution in [-0.2, 0) is 18.9 Å². The van der Waals surface area contributed by atoms with E-state index in [1.807, 2.05) is 0 Å². The van der Waals surface area contributed by atoms with Gasteiger partial charge in [0.1, 0.15) is 24.4 Å². The molecular formula is C9H18O6. The molecule has 5 atom stereocenters. The molecule has 1 unspecified atom stereocenters. The van der Waals surface area contributed by atoms with Gasteiger partial charge in [0.2, 0.25) is 0 Å². The Labute approximate surface area is 91.5 Å². The van der Waals surface area contributed by atoms with Crippen molar-refractivity contribution in [2.45, 2.75) is 30.7 Å². The lowest BCUT2D eigenvalue weighted by molar-refractivity contribution is -0.300. The number of aliphatic hydroxyl groups is 2. The average Bonchev–Trinajstić information content (AvgIpc) is 2.34. The van der Waals surface area contributed by atoms with Crippen molar-refractivity contribution in [1.82, 2.24) is 0 Å². The van der Waals surface area contributed by atoms with Gasteiger partial charge < -0.3 is 29.2 Å². The first kappa shape index (κ1) is 9.95. The molecule has 0 aromatic heterocycles. The molecule has 6 heteroatoms. The maximum absolute atomic E-state index is 9.82. The summed E-state index contributed by atoms with van der Waals surface area (Å²) in [5.74, 6) is 0. The lowest BCUT2D eigenvalue weighted by Crippen LogP contribution is -2.59. The van der Waals surface area contributed by atoms with E-state index in [-0.39, 0.29) is 20.8 Å². The van der Waals surface area contributed by atoms with E-state index in [1.165, 1.54) is 7.11 Å². The fraction of sp³-hybridized carbons (Fsp3) is 1.00. The Morgan fingerprint density at radius 2 is 2.07 bits per heavy atom. The predicted molar refractivity (Wildman–Crippen MR) is 50.4 cm³/mol. The first-order chi connectivity index (χ1) is 8.15. The highest BCUT2D eigenvalue weighted by Crippen LogP contribution is 2.23. The molecule has 90 valence electrons. The molecule has 1 aliphatic rings. The number of ether oxygens (including phenoxy) is 4. The van der Waals surface area contributed by atoms with Crippen LogP contribution >= 0.6 is 0 Å². The minimum atomic E-state index is -1.22. The maximum Gasteiger partial charge on any atom is 0.186 e. The normalized spacial score (nSPS) is 43.5. The largest absolute Gasteiger partial charge is 0.387 e. The third-order valence-corrected chi connectivity index (χ3v) is 2.35. The lowest BCUT2D eigenvalue weighted by Gasteiger charge is -2.41. The molecule has 2 N–H and O–H groups in total. The molecule has 0 aromatic rings. The van der Waals surface area contributed by atoms with Crippen molar-refractivity contribution >= 4 is 0 Å². The van der Waals surface area contributed by atoms with Gasteiger partial charge in [0.15, 0.2) is 6.29 Å². The van der Waals surface area contributed by atoms with Crippen LogP contribution in [0.1, 0.15) is 2.74 Å². The van der Waals surface area contributed by atoms with Gasteiger partial charge in [-0.2, -0.15) is 0 Å². The average molecular weight is 224 g/mol. The van der Waals surface area contributed by atoms with Crippen LogP contribution in [0, 0.1) is 0 Å². The summed E-state index contributed by atoms with van der Waals surface area (Å²) >= 11 is 0. The van der Waals surface area contributed by atoms with Gasteiger partial charge in [-0.05, 0) is 0 Å². The van der Waals surface area contributed by atoms with Crippen LogP contribution in [0.25, 0.3) is 0 Å². The van der Waals surface area contributed by atoms with Crippen LogP contribution in [0.15, 0.2) is 0 Å². The monoisotopic (exact) mass is 224 g/mol. The van der Waals surface area contributed by atoms with E-state index < -0.39 is 30.7 Å². The van der Waals surface area contributed by atoms with Crippen molar-refractivity contribution in [2.75, 3.05) is 27.9 Å². The number of aliphatic hydroxyl groups excluding tert-OH is 2. The molecule has 1 fully saturated rings. The summed E-state index contributed by atoms with van der Waals surface area (Å²) in [6.45, 7) is -0.0187. The second-order valence-corrected chi connectivity index (χ2v) is 3.26. The van der Waals surface area contributed by atoms with Gasteiger partial charge in [-0.25, -0.2) is 0 Å². The van der Waals surface area contributed by atoms with Gasteiger partial charge in [-0.15, -0.1) is 0 Å². The summed E-state index contributed by atoms with van der Waals surface area (Å²) in [5.41, 5.74) is 0. The highest BCUT2D eigenvalue weighted by atomic mass is 16.7. The van der Waals surface area contributed by atoms with Gasteiger partial charge in [0.25, 0.3) is 0 Å². The van der Waals surface area contributed by atoms with E-state index in [9.17, 15) is 10.2 Å². The fourth-order valence-corrected chi connectivity index (χ4v) is 1.53. The molecule has 1 aliphatic heterocycles. The Kier molecular flexibility index (Phi) is 3.81. The molecule has 15 heavy (non-hydrogen) atoms. The van der Waals surface area contributed by atoms with Crippen molar-refractivity contribution < 1.29 is 31.9 Å². The molecule has 0 radical (unpaired) electrons. The summed E-state index contributed by atoms with van der Waals surface area (Å²) in [5, 5.41) is 19.6. The molecule has 1 saturated heterocycles. The third kappa shape index (κ3) is 2.66. The van der Waals surface area contributed by atoms with E-state index in [0.717, 1.165) is 0 Å². The molecular weight excluding hydrogens is 204 g/mol. The molecule has 0 bridgehead atoms. The van der Waals surface area contributed by atoms with Crippen molar-refractivity contribution in [3.05, 3.63) is 0 Å². The van der Waals surface area contributed by atoms with Crippen molar-refractivity contribution in [1.29, 1.82) is 0 Å². The summed E-state index contributed by atoms with van der Waals surface area (Å²) in [6, 6.07) is 0. The molecule has 0 aromatic carbocycles. The minimum absolute atomic E-state index is 0.0187. The Hall–Kier alpha value is -0.240. The smallest absolute Gasteiger partial charge is 0.186 e. The van der Waals surface area contributed by atoms with Crippen molar-refractivity contribution in [3.63, 3.8) is 0 Å². The van der Waals surface area contributed by atoms with Crippen LogP contribution in [0.3, 0.4) is 0 Å². The predicted octanol–water partition coefficient (Wildman–Crippen LogP) is -1.26. The lowest BCUT2D eigenvalue weighted by atomic mass is 9.99. The number of hydrogen-bond acceptors (Lipinski definition) is 6. The zero-order valence-corrected chi connectivity index (χ0v) is 8.54. The van der Waals surface area contributed by atoms with E-state index >= 15 is 0 Å². The zero-order chi connectivity index (χ0) is 12.8. The van der Waals surface area contributed by atoms with E-state index in [1.54, 1.807) is 0 Å². The maximum atomic E-state index is 9.82. The van der Waals surface area contributed by atoms with Crippen molar-refractivity contribution in [3.8, 4) is 0 Å². The summed E-state index contributed by atoms with van der Waals surface area (Å²) in [6.07, 6.45) is -5.01. The Morgan fingerprint density at radius 1 is 1.27 bits per heavy atom. The van der Waals surface area contributed by atoms with E-state index in [0.29, 0.717) is 0 Å². The highest BCUT2D eigenvalue weighted by molar-refractivity contribution is 4.89. The van der Waals surface area contributed by atoms with Crippen LogP contribution in [-0.4, -0.2) is 68.8 Å². The zero-order valence-electron chi connectivity index (χ0n) is 10.5. The number of methoxy groups -OCH3 is 3. The van der Waals surface area contributed by atoms with E-state index in [2.05, 4.69) is 0 Å². The van der Waals surface area contributed by atoms with Crippen LogP contribution in [0.5, 0.6) is 0 Å². The van der Waals surface area contributed by atoms with Gasteiger partial charge in [-0.1, -0.05) is 0 Å². The quantitative estimate of drug-likeness (QED) is 0.620. The summed E-state index contributed by atoms with van der Waals surface area (Å²) in [4.78, 5) is 0. The molecule has 1 heterocycles. The second kappa shape index (κ2) is 5.74. The summed E-state index contributed by atoms with van der Waals surface area (Å²) in [7, 11) is 0.746. The van der Waals surface area contributed by atoms with Gasteiger partial charge in [-0.3, -0.25) is 0 Å². The Balaban J connectivity index is 2.64. The first-order valence-corrected chi connectivity index (χ1v) is 4.48. The highest BCUT2D eigenvalue weighted by Gasteiger charge is 2.44. The van der Waals surface area contributed by atoms with Crippen molar-refractivity contribution in [2.24, 2.45) is 0 Å². The number of hydrogen-bond donors (Lipinski definition) is 2. The molecule has 1 rings (SSSR count). The first-order valence-electron chi connectivity index (χ1n) is 5.89. The Bertz CT molecular complexity index is 216. The molecule has 0 spiro atoms. The third-order valence-electron chi connectivity index (χ3n) is 2.35. The molecule has 0 amide bonds. The molecule has 0 aliphatic carbocycles. The standard InChI is InChI=1S/C9H18O6/c1-12-4-5-6(10)7(11)8(13-2)9(14-3)15-5/h5-11H,4H2,1-3H3/t5-,6-,7+,8-,9?/m1/s1/i1D,2D. The van der Waals surface area contributed by atoms with Gasteiger partial charge >= 0.3 is 0 Å². The van der Waals surface area contributed by atoms with Crippen LogP contribution in [0.2, 0.25) is 0 Å². The van der Waals surface area contributed by atoms with Gasteiger partial charge in [0, 0.05) is 21.3 Å².